The van der Waals surface area contributed by atoms with Gasteiger partial charge in [0.15, 0.2) is 0 Å². The van der Waals surface area contributed by atoms with Crippen LogP contribution in [0, 0.1) is 0 Å². The van der Waals surface area contributed by atoms with Gasteiger partial charge in [-0.1, -0.05) is 26.3 Å². The van der Waals surface area contributed by atoms with Crippen LogP contribution >= 0.6 is 0 Å². The number of hydrogen-bond acceptors (Lipinski definition) is 7. The van der Waals surface area contributed by atoms with Crippen molar-refractivity contribution in [3.05, 3.63) is 51.4 Å². The zero-order chi connectivity index (χ0) is 18.0. The van der Waals surface area contributed by atoms with Gasteiger partial charge in [0.1, 0.15) is 0 Å². The highest BCUT2D eigenvalue weighted by Gasteiger charge is 2.10. The first kappa shape index (κ1) is 21.4. The van der Waals surface area contributed by atoms with Crippen LogP contribution in [-0.4, -0.2) is 31.9 Å². The van der Waals surface area contributed by atoms with E-state index in [1.165, 1.54) is 25.0 Å². The Hall–Kier alpha value is -2.57. The van der Waals surface area contributed by atoms with E-state index in [0.29, 0.717) is 25.7 Å². The lowest BCUT2D eigenvalue weighted by atomic mass is 10.3. The molecule has 24 heavy (non-hydrogen) atoms. The van der Waals surface area contributed by atoms with Gasteiger partial charge in [-0.2, -0.15) is 0 Å². The van der Waals surface area contributed by atoms with Crippen LogP contribution in [-0.2, 0) is 28.4 Å². The fourth-order valence-electron chi connectivity index (χ4n) is 1.62. The Labute approximate surface area is 143 Å². The topological polar surface area (TPSA) is 72.5 Å². The van der Waals surface area contributed by atoms with Crippen LogP contribution < -0.4 is 0 Å². The molecule has 0 radical (unpaired) electrons. The maximum atomic E-state index is 11.4. The average molecular weight is 342 g/mol. The fourth-order valence-corrected chi connectivity index (χ4v) is 1.62. The van der Waals surface area contributed by atoms with Crippen LogP contribution in [0.25, 0.3) is 0 Å². The minimum atomic E-state index is -0.730. The van der Waals surface area contributed by atoms with Crippen molar-refractivity contribution >= 4 is 6.16 Å². The molecule has 0 aromatic rings. The summed E-state index contributed by atoms with van der Waals surface area (Å²) < 4.78 is 30.2. The van der Waals surface area contributed by atoms with Crippen molar-refractivity contribution in [3.8, 4) is 0 Å². The lowest BCUT2D eigenvalue weighted by Crippen LogP contribution is -2.16. The van der Waals surface area contributed by atoms with Gasteiger partial charge in [-0.05, 0) is 12.8 Å². The van der Waals surface area contributed by atoms with E-state index in [1.54, 1.807) is 0 Å². The molecule has 0 spiro atoms. The molecule has 7 nitrogen and oxygen atoms in total. The van der Waals surface area contributed by atoms with Crippen molar-refractivity contribution < 1.29 is 33.2 Å². The highest BCUT2D eigenvalue weighted by molar-refractivity contribution is 5.59. The smallest absolute Gasteiger partial charge is 0.463 e. The summed E-state index contributed by atoms with van der Waals surface area (Å²) in [5.41, 5.74) is 0. The maximum Gasteiger partial charge on any atom is 0.508 e. The van der Waals surface area contributed by atoms with E-state index in [0.717, 1.165) is 0 Å². The summed E-state index contributed by atoms with van der Waals surface area (Å²) in [6.45, 7) is 14.2. The minimum absolute atomic E-state index is 0.193. The van der Waals surface area contributed by atoms with E-state index in [-0.39, 0.29) is 13.2 Å². The number of rotatable bonds is 16. The van der Waals surface area contributed by atoms with E-state index < -0.39 is 18.7 Å². The van der Waals surface area contributed by atoms with Gasteiger partial charge in [-0.3, -0.25) is 0 Å². The Balaban J connectivity index is 3.71. The molecule has 0 saturated carbocycles. The van der Waals surface area contributed by atoms with E-state index in [2.05, 4.69) is 26.3 Å². The normalized spacial score (nSPS) is 9.75. The molecule has 7 heteroatoms. The van der Waals surface area contributed by atoms with Crippen LogP contribution in [0.4, 0.5) is 4.79 Å². The Morgan fingerprint density at radius 2 is 1.04 bits per heavy atom. The van der Waals surface area contributed by atoms with Crippen molar-refractivity contribution in [3.63, 3.8) is 0 Å². The third-order valence-electron chi connectivity index (χ3n) is 2.60. The third-order valence-corrected chi connectivity index (χ3v) is 2.60. The second-order valence-corrected chi connectivity index (χ2v) is 4.30. The molecule has 0 N–H and O–H groups in total. The van der Waals surface area contributed by atoms with E-state index in [1.807, 2.05) is 0 Å². The Bertz CT molecular complexity index is 327. The number of carbonyl (C=O) groups is 1. The lowest BCUT2D eigenvalue weighted by molar-refractivity contribution is -0.0707. The molecule has 0 heterocycles. The van der Waals surface area contributed by atoms with E-state index in [9.17, 15) is 4.79 Å². The fraction of sp³-hybridized carbons (Fsp3) is 0.471. The van der Waals surface area contributed by atoms with Crippen molar-refractivity contribution in [2.75, 3.05) is 13.2 Å². The zero-order valence-corrected chi connectivity index (χ0v) is 13.9. The Kier molecular flexibility index (Phi) is 13.7. The molecule has 0 fully saturated rings. The first-order valence-corrected chi connectivity index (χ1v) is 7.52. The van der Waals surface area contributed by atoms with E-state index in [4.69, 9.17) is 28.4 Å². The largest absolute Gasteiger partial charge is 0.508 e. The number of ether oxygens (including phenoxy) is 6. The third kappa shape index (κ3) is 12.0. The summed E-state index contributed by atoms with van der Waals surface area (Å²) in [4.78, 5) is 11.4. The van der Waals surface area contributed by atoms with Crippen LogP contribution in [0.15, 0.2) is 51.4 Å². The molecule has 0 aliphatic rings. The highest BCUT2D eigenvalue weighted by Crippen LogP contribution is 2.07. The first-order chi connectivity index (χ1) is 11.7. The monoisotopic (exact) mass is 342 g/mol. The predicted molar refractivity (Wildman–Crippen MR) is 88.5 cm³/mol. The molecule has 0 aromatic heterocycles. The molecule has 0 aliphatic heterocycles. The van der Waals surface area contributed by atoms with Gasteiger partial charge in [0.2, 0.25) is 12.6 Å². The second-order valence-electron chi connectivity index (χ2n) is 4.30. The van der Waals surface area contributed by atoms with Crippen molar-refractivity contribution in [2.45, 2.75) is 38.3 Å². The SMILES string of the molecule is C=COC(CCCOC(=O)OCCCC(OC=C)OC=C)OC=C. The summed E-state index contributed by atoms with van der Waals surface area (Å²) in [6.07, 6.45) is 5.53. The molecule has 0 unspecified atom stereocenters. The zero-order valence-electron chi connectivity index (χ0n) is 13.9. The highest BCUT2D eigenvalue weighted by atomic mass is 16.7. The summed E-state index contributed by atoms with van der Waals surface area (Å²) in [7, 11) is 0. The molecule has 0 aromatic carbocycles. The Morgan fingerprint density at radius 3 is 1.33 bits per heavy atom. The number of hydrogen-bond donors (Lipinski definition) is 0. The van der Waals surface area contributed by atoms with Crippen LogP contribution in [0.3, 0.4) is 0 Å². The molecule has 0 amide bonds. The quantitative estimate of drug-likeness (QED) is 0.182. The van der Waals surface area contributed by atoms with Gasteiger partial charge in [0.05, 0.1) is 38.3 Å². The van der Waals surface area contributed by atoms with Crippen LogP contribution in [0.1, 0.15) is 25.7 Å². The summed E-state index contributed by atoms with van der Waals surface area (Å²) in [5.74, 6) is 0. The molecule has 0 aliphatic carbocycles. The van der Waals surface area contributed by atoms with Gasteiger partial charge >= 0.3 is 6.16 Å². The van der Waals surface area contributed by atoms with Crippen molar-refractivity contribution in [1.82, 2.24) is 0 Å². The average Bonchev–Trinajstić information content (AvgIpc) is 2.56. The van der Waals surface area contributed by atoms with Gasteiger partial charge in [-0.25, -0.2) is 4.79 Å². The van der Waals surface area contributed by atoms with Gasteiger partial charge in [-0.15, -0.1) is 0 Å². The molecule has 0 saturated heterocycles. The number of carbonyl (C=O) groups excluding carboxylic acids is 1. The van der Waals surface area contributed by atoms with Gasteiger partial charge < -0.3 is 28.4 Å². The summed E-state index contributed by atoms with van der Waals surface area (Å²) in [5, 5.41) is 0. The predicted octanol–water partition coefficient (Wildman–Crippen LogP) is 3.99. The van der Waals surface area contributed by atoms with Crippen molar-refractivity contribution in [2.24, 2.45) is 0 Å². The van der Waals surface area contributed by atoms with Crippen LogP contribution in [0.2, 0.25) is 0 Å². The molecule has 0 rings (SSSR count). The van der Waals surface area contributed by atoms with E-state index >= 15 is 0 Å². The van der Waals surface area contributed by atoms with Gasteiger partial charge in [0, 0.05) is 12.8 Å². The first-order valence-electron chi connectivity index (χ1n) is 7.52. The molecular weight excluding hydrogens is 316 g/mol. The second kappa shape index (κ2) is 15.3. The minimum Gasteiger partial charge on any atom is -0.463 e. The lowest BCUT2D eigenvalue weighted by Gasteiger charge is -2.16. The summed E-state index contributed by atoms with van der Waals surface area (Å²) in [6, 6.07) is 0. The van der Waals surface area contributed by atoms with Crippen LogP contribution in [0.5, 0.6) is 0 Å². The van der Waals surface area contributed by atoms with Crippen molar-refractivity contribution in [1.29, 1.82) is 0 Å². The summed E-state index contributed by atoms with van der Waals surface area (Å²) >= 11 is 0. The Morgan fingerprint density at radius 1 is 0.708 bits per heavy atom. The maximum absolute atomic E-state index is 11.4. The molecule has 0 bridgehead atoms. The standard InChI is InChI=1S/C17H26O7/c1-5-19-15(20-6-2)11-9-13-23-17(18)24-14-10-12-16(21-7-3)22-8-4/h5-8,15-16H,1-4,9-14H2. The molecule has 0 atom stereocenters. The molecule has 136 valence electrons. The van der Waals surface area contributed by atoms with Gasteiger partial charge in [0.25, 0.3) is 0 Å². The molecular formula is C17H26O7.